The molecule has 120 valence electrons. The van der Waals surface area contributed by atoms with E-state index in [4.69, 9.17) is 0 Å². The molecule has 0 aromatic carbocycles. The van der Waals surface area contributed by atoms with Crippen LogP contribution in [0.15, 0.2) is 0 Å². The largest absolute Gasteiger partial charge is 0.451 e. The lowest BCUT2D eigenvalue weighted by Gasteiger charge is -2.33. The molecule has 1 aliphatic rings. The van der Waals surface area contributed by atoms with Crippen molar-refractivity contribution in [3.8, 4) is 0 Å². The first kappa shape index (κ1) is 16.2. The highest BCUT2D eigenvalue weighted by Crippen LogP contribution is 2.29. The number of alkyl halides is 3. The molecule has 1 aromatic rings. The Morgan fingerprint density at radius 1 is 1.29 bits per heavy atom. The zero-order valence-corrected chi connectivity index (χ0v) is 12.4. The smallest absolute Gasteiger partial charge is 0.317 e. The molecule has 0 aliphatic carbocycles. The van der Waals surface area contributed by atoms with Gasteiger partial charge >= 0.3 is 6.18 Å². The Hall–Kier alpha value is -1.15. The zero-order chi connectivity index (χ0) is 15.5. The van der Waals surface area contributed by atoms with Crippen LogP contribution < -0.4 is 5.32 Å². The molecule has 0 radical (unpaired) electrons. The van der Waals surface area contributed by atoms with E-state index in [-0.39, 0.29) is 0 Å². The van der Waals surface area contributed by atoms with Gasteiger partial charge in [-0.2, -0.15) is 13.2 Å². The Kier molecular flexibility index (Phi) is 5.21. The van der Waals surface area contributed by atoms with Crippen molar-refractivity contribution in [1.29, 1.82) is 0 Å². The second-order valence-electron chi connectivity index (χ2n) is 5.40. The van der Waals surface area contributed by atoms with E-state index >= 15 is 0 Å². The predicted octanol–water partition coefficient (Wildman–Crippen LogP) is 1.89. The van der Waals surface area contributed by atoms with Gasteiger partial charge < -0.3 is 9.88 Å². The number of hydrogen-bond donors (Lipinski definition) is 1. The molecule has 0 saturated carbocycles. The van der Waals surface area contributed by atoms with E-state index in [0.717, 1.165) is 25.9 Å². The summed E-state index contributed by atoms with van der Waals surface area (Å²) in [4.78, 5) is 2.18. The van der Waals surface area contributed by atoms with Crippen LogP contribution in [-0.2, 0) is 19.3 Å². The Morgan fingerprint density at radius 2 is 2.05 bits per heavy atom. The van der Waals surface area contributed by atoms with Crippen LogP contribution in [0.1, 0.15) is 38.3 Å². The summed E-state index contributed by atoms with van der Waals surface area (Å²) in [7, 11) is 0. The van der Waals surface area contributed by atoms with Gasteiger partial charge in [0.2, 0.25) is 5.82 Å². The summed E-state index contributed by atoms with van der Waals surface area (Å²) in [6.45, 7) is 7.46. The molecule has 1 atom stereocenters. The fraction of sp³-hybridized carbons (Fsp3) is 0.846. The molecule has 0 bridgehead atoms. The number of nitrogens with one attached hydrogen (secondary N) is 1. The average molecular weight is 305 g/mol. The first-order valence-electron chi connectivity index (χ1n) is 7.37. The van der Waals surface area contributed by atoms with Crippen LogP contribution in [0.3, 0.4) is 0 Å². The number of rotatable bonds is 6. The van der Waals surface area contributed by atoms with Crippen molar-refractivity contribution < 1.29 is 13.2 Å². The SMILES string of the molecule is CCNCCCC(C)N1CCn2c(nnc2C(F)(F)F)C1. The summed E-state index contributed by atoms with van der Waals surface area (Å²) in [5.41, 5.74) is 0. The monoisotopic (exact) mass is 305 g/mol. The minimum Gasteiger partial charge on any atom is -0.317 e. The van der Waals surface area contributed by atoms with Gasteiger partial charge in [-0.05, 0) is 32.9 Å². The van der Waals surface area contributed by atoms with Crippen LogP contribution in [0.25, 0.3) is 0 Å². The highest BCUT2D eigenvalue weighted by molar-refractivity contribution is 5.02. The van der Waals surface area contributed by atoms with Gasteiger partial charge in [-0.15, -0.1) is 10.2 Å². The first-order chi connectivity index (χ1) is 9.93. The molecule has 1 aliphatic heterocycles. The van der Waals surface area contributed by atoms with Crippen molar-refractivity contribution in [2.75, 3.05) is 19.6 Å². The minimum atomic E-state index is -4.43. The molecule has 21 heavy (non-hydrogen) atoms. The molecule has 0 saturated heterocycles. The molecule has 0 amide bonds. The van der Waals surface area contributed by atoms with Gasteiger partial charge in [0, 0.05) is 19.1 Å². The molecule has 1 unspecified atom stereocenters. The number of hydrogen-bond acceptors (Lipinski definition) is 4. The van der Waals surface area contributed by atoms with E-state index in [2.05, 4.69) is 34.3 Å². The van der Waals surface area contributed by atoms with E-state index < -0.39 is 12.0 Å². The van der Waals surface area contributed by atoms with Gasteiger partial charge in [0.1, 0.15) is 5.82 Å². The van der Waals surface area contributed by atoms with Crippen LogP contribution in [-0.4, -0.2) is 45.3 Å². The van der Waals surface area contributed by atoms with Crippen LogP contribution in [0, 0.1) is 0 Å². The minimum absolute atomic E-state index is 0.300. The highest BCUT2D eigenvalue weighted by Gasteiger charge is 2.39. The van der Waals surface area contributed by atoms with Gasteiger partial charge in [-0.25, -0.2) is 0 Å². The Balaban J connectivity index is 1.92. The maximum atomic E-state index is 12.8. The van der Waals surface area contributed by atoms with E-state index in [1.165, 1.54) is 4.57 Å². The molecule has 8 heteroatoms. The lowest BCUT2D eigenvalue weighted by Crippen LogP contribution is -2.40. The predicted molar refractivity (Wildman–Crippen MR) is 72.7 cm³/mol. The lowest BCUT2D eigenvalue weighted by atomic mass is 10.1. The summed E-state index contributed by atoms with van der Waals surface area (Å²) in [5, 5.41) is 10.3. The summed E-state index contributed by atoms with van der Waals surface area (Å²) >= 11 is 0. The molecular weight excluding hydrogens is 283 g/mol. The van der Waals surface area contributed by atoms with Crippen LogP contribution in [0.5, 0.6) is 0 Å². The summed E-state index contributed by atoms with van der Waals surface area (Å²) in [6.07, 6.45) is -2.34. The molecule has 5 nitrogen and oxygen atoms in total. The topological polar surface area (TPSA) is 46.0 Å². The summed E-state index contributed by atoms with van der Waals surface area (Å²) < 4.78 is 39.5. The fourth-order valence-electron chi connectivity index (χ4n) is 2.64. The molecule has 0 spiro atoms. The standard InChI is InChI=1S/C13H22F3N5/c1-3-17-6-4-5-10(2)20-7-8-21-11(9-20)18-19-12(21)13(14,15)16/h10,17H,3-9H2,1-2H3. The number of aromatic nitrogens is 3. The number of fused-ring (bicyclic) bond motifs is 1. The van der Waals surface area contributed by atoms with Gasteiger partial charge in [-0.3, -0.25) is 4.90 Å². The van der Waals surface area contributed by atoms with Gasteiger partial charge in [0.25, 0.3) is 0 Å². The van der Waals surface area contributed by atoms with E-state index in [1.807, 2.05) is 0 Å². The normalized spacial score (nSPS) is 17.8. The second kappa shape index (κ2) is 6.74. The third-order valence-electron chi connectivity index (χ3n) is 3.89. The average Bonchev–Trinajstić information content (AvgIpc) is 2.86. The lowest BCUT2D eigenvalue weighted by molar-refractivity contribution is -0.148. The number of halogens is 3. The summed E-state index contributed by atoms with van der Waals surface area (Å²) in [6, 6.07) is 0.337. The van der Waals surface area contributed by atoms with Crippen molar-refractivity contribution >= 4 is 0 Å². The second-order valence-corrected chi connectivity index (χ2v) is 5.40. The molecule has 2 heterocycles. The number of nitrogens with zero attached hydrogens (tertiary/aromatic N) is 4. The first-order valence-corrected chi connectivity index (χ1v) is 7.37. The van der Waals surface area contributed by atoms with Crippen molar-refractivity contribution in [3.05, 3.63) is 11.6 Å². The Morgan fingerprint density at radius 3 is 2.71 bits per heavy atom. The Bertz CT molecular complexity index is 457. The van der Waals surface area contributed by atoms with E-state index in [1.54, 1.807) is 0 Å². The Labute approximate surface area is 122 Å². The van der Waals surface area contributed by atoms with Gasteiger partial charge in [0.15, 0.2) is 0 Å². The molecule has 2 rings (SSSR count). The maximum absolute atomic E-state index is 12.8. The van der Waals surface area contributed by atoms with Crippen molar-refractivity contribution in [2.45, 2.75) is 52.0 Å². The molecule has 0 fully saturated rings. The van der Waals surface area contributed by atoms with Gasteiger partial charge in [0.05, 0.1) is 6.54 Å². The quantitative estimate of drug-likeness (QED) is 0.815. The summed E-state index contributed by atoms with van der Waals surface area (Å²) in [5.74, 6) is -0.468. The fourth-order valence-corrected chi connectivity index (χ4v) is 2.64. The third kappa shape index (κ3) is 3.94. The van der Waals surface area contributed by atoms with Crippen molar-refractivity contribution in [2.24, 2.45) is 0 Å². The van der Waals surface area contributed by atoms with Crippen molar-refractivity contribution in [3.63, 3.8) is 0 Å². The molecular formula is C13H22F3N5. The van der Waals surface area contributed by atoms with Crippen LogP contribution in [0.2, 0.25) is 0 Å². The maximum Gasteiger partial charge on any atom is 0.451 e. The third-order valence-corrected chi connectivity index (χ3v) is 3.89. The van der Waals surface area contributed by atoms with Crippen LogP contribution in [0.4, 0.5) is 13.2 Å². The van der Waals surface area contributed by atoms with Crippen LogP contribution >= 0.6 is 0 Å². The highest BCUT2D eigenvalue weighted by atomic mass is 19.4. The van der Waals surface area contributed by atoms with E-state index in [9.17, 15) is 13.2 Å². The molecule has 1 N–H and O–H groups in total. The van der Waals surface area contributed by atoms with Gasteiger partial charge in [-0.1, -0.05) is 6.92 Å². The zero-order valence-electron chi connectivity index (χ0n) is 12.4. The van der Waals surface area contributed by atoms with Crippen molar-refractivity contribution in [1.82, 2.24) is 25.0 Å². The van der Waals surface area contributed by atoms with E-state index in [0.29, 0.717) is 31.5 Å². The molecule has 1 aromatic heterocycles.